The molecule has 0 unspecified atom stereocenters. The average molecular weight is 454 g/mol. The van der Waals surface area contributed by atoms with E-state index in [1.807, 2.05) is 12.1 Å². The van der Waals surface area contributed by atoms with Crippen molar-refractivity contribution in [2.75, 3.05) is 42.8 Å². The first-order valence-corrected chi connectivity index (χ1v) is 12.4. The molecule has 0 aliphatic carbocycles. The summed E-state index contributed by atoms with van der Waals surface area (Å²) in [4.78, 5) is 19.7. The zero-order chi connectivity index (χ0) is 22.6. The molecule has 7 nitrogen and oxygen atoms in total. The second-order valence-electron chi connectivity index (χ2n) is 7.89. The van der Waals surface area contributed by atoms with Crippen molar-refractivity contribution in [1.29, 1.82) is 0 Å². The lowest BCUT2D eigenvalue weighted by Gasteiger charge is -2.30. The van der Waals surface area contributed by atoms with Gasteiger partial charge >= 0.3 is 0 Å². The van der Waals surface area contributed by atoms with Crippen LogP contribution < -0.4 is 10.2 Å². The molecule has 1 aromatic heterocycles. The summed E-state index contributed by atoms with van der Waals surface area (Å²) in [6, 6.07) is 11.9. The molecule has 1 fully saturated rings. The van der Waals surface area contributed by atoms with E-state index in [0.29, 0.717) is 11.3 Å². The number of amides is 1. The molecule has 1 aliphatic rings. The fourth-order valence-electron chi connectivity index (χ4n) is 4.01. The van der Waals surface area contributed by atoms with Crippen molar-refractivity contribution in [3.63, 3.8) is 0 Å². The number of carbonyl (C=O) groups is 1. The number of nitrogens with one attached hydrogen (secondary N) is 1. The molecular weight excluding hydrogens is 426 g/mol. The SMILES string of the molecule is COCCS(=O)(=O)c1ccc(C(=O)Nc2ccc(N3CCCCC3)c3ccncc23)cc1. The zero-order valence-corrected chi connectivity index (χ0v) is 18.9. The smallest absolute Gasteiger partial charge is 0.255 e. The normalized spacial score (nSPS) is 14.5. The summed E-state index contributed by atoms with van der Waals surface area (Å²) in [5, 5.41) is 4.89. The van der Waals surface area contributed by atoms with Crippen LogP contribution in [0.15, 0.2) is 59.8 Å². The summed E-state index contributed by atoms with van der Waals surface area (Å²) in [5.41, 5.74) is 2.22. The van der Waals surface area contributed by atoms with E-state index in [-0.39, 0.29) is 23.2 Å². The number of ether oxygens (including phenoxy) is 1. The maximum Gasteiger partial charge on any atom is 0.255 e. The largest absolute Gasteiger partial charge is 0.384 e. The predicted octanol–water partition coefficient (Wildman–Crippen LogP) is 3.90. The van der Waals surface area contributed by atoms with E-state index in [4.69, 9.17) is 4.74 Å². The average Bonchev–Trinajstić information content (AvgIpc) is 2.83. The minimum absolute atomic E-state index is 0.0998. The number of nitrogens with zero attached hydrogens (tertiary/aromatic N) is 2. The van der Waals surface area contributed by atoms with Gasteiger partial charge in [-0.05, 0) is 61.7 Å². The number of hydrogen-bond donors (Lipinski definition) is 1. The van der Waals surface area contributed by atoms with Crippen LogP contribution in [0.4, 0.5) is 11.4 Å². The lowest BCUT2D eigenvalue weighted by Crippen LogP contribution is -2.29. The lowest BCUT2D eigenvalue weighted by atomic mass is 10.0. The zero-order valence-electron chi connectivity index (χ0n) is 18.1. The van der Waals surface area contributed by atoms with Crippen molar-refractivity contribution in [1.82, 2.24) is 4.98 Å². The summed E-state index contributed by atoms with van der Waals surface area (Å²) in [5.74, 6) is -0.404. The Kier molecular flexibility index (Phi) is 6.72. The lowest BCUT2D eigenvalue weighted by molar-refractivity contribution is 0.102. The van der Waals surface area contributed by atoms with E-state index in [2.05, 4.69) is 21.3 Å². The van der Waals surface area contributed by atoms with Gasteiger partial charge in [0.15, 0.2) is 9.84 Å². The Hall–Kier alpha value is -2.97. The Balaban J connectivity index is 1.56. The van der Waals surface area contributed by atoms with Crippen molar-refractivity contribution in [3.05, 3.63) is 60.4 Å². The van der Waals surface area contributed by atoms with Gasteiger partial charge in [-0.3, -0.25) is 9.78 Å². The molecule has 3 aromatic rings. The Labute approximate surface area is 188 Å². The van der Waals surface area contributed by atoms with Gasteiger partial charge in [0.2, 0.25) is 0 Å². The number of rotatable bonds is 7. The topological polar surface area (TPSA) is 88.6 Å². The summed E-state index contributed by atoms with van der Waals surface area (Å²) in [7, 11) is -1.98. The fourth-order valence-corrected chi connectivity index (χ4v) is 5.19. The van der Waals surface area contributed by atoms with E-state index in [1.54, 1.807) is 12.4 Å². The van der Waals surface area contributed by atoms with E-state index >= 15 is 0 Å². The number of sulfone groups is 1. The number of hydrogen-bond acceptors (Lipinski definition) is 6. The number of pyridine rings is 1. The molecule has 1 N–H and O–H groups in total. The highest BCUT2D eigenvalue weighted by molar-refractivity contribution is 7.91. The molecule has 32 heavy (non-hydrogen) atoms. The number of carbonyl (C=O) groups excluding carboxylic acids is 1. The molecule has 8 heteroatoms. The molecule has 4 rings (SSSR count). The van der Waals surface area contributed by atoms with Crippen molar-refractivity contribution in [2.45, 2.75) is 24.2 Å². The third-order valence-electron chi connectivity index (χ3n) is 5.77. The molecule has 0 saturated carbocycles. The fraction of sp³-hybridized carbons (Fsp3) is 0.333. The molecule has 0 radical (unpaired) electrons. The van der Waals surface area contributed by atoms with Gasteiger partial charge in [-0.2, -0.15) is 0 Å². The van der Waals surface area contributed by atoms with Crippen LogP contribution in [0.1, 0.15) is 29.6 Å². The van der Waals surface area contributed by atoms with Gasteiger partial charge in [-0.15, -0.1) is 0 Å². The number of benzene rings is 2. The summed E-state index contributed by atoms with van der Waals surface area (Å²) >= 11 is 0. The standard InChI is InChI=1S/C24H27N3O4S/c1-31-15-16-32(29,30)19-7-5-18(6-8-19)24(28)26-22-9-10-23(27-13-3-2-4-14-27)20-11-12-25-17-21(20)22/h5-12,17H,2-4,13-16H2,1H3,(H,26,28). The number of anilines is 2. The molecule has 168 valence electrons. The molecule has 1 aliphatic heterocycles. The van der Waals surface area contributed by atoms with Crippen LogP contribution in [0.5, 0.6) is 0 Å². The number of piperidine rings is 1. The van der Waals surface area contributed by atoms with Gasteiger partial charge in [-0.1, -0.05) is 0 Å². The number of aromatic nitrogens is 1. The van der Waals surface area contributed by atoms with Crippen LogP contribution in [0.2, 0.25) is 0 Å². The molecule has 1 saturated heterocycles. The van der Waals surface area contributed by atoms with Gasteiger partial charge in [0.25, 0.3) is 5.91 Å². The van der Waals surface area contributed by atoms with Crippen LogP contribution in [-0.4, -0.2) is 51.9 Å². The van der Waals surface area contributed by atoms with Crippen LogP contribution in [0.3, 0.4) is 0 Å². The van der Waals surface area contributed by atoms with Gasteiger partial charge < -0.3 is 15.0 Å². The van der Waals surface area contributed by atoms with E-state index in [0.717, 1.165) is 29.5 Å². The van der Waals surface area contributed by atoms with E-state index in [1.165, 1.54) is 50.6 Å². The maximum atomic E-state index is 12.9. The van der Waals surface area contributed by atoms with Crippen LogP contribution in [-0.2, 0) is 14.6 Å². The van der Waals surface area contributed by atoms with Gasteiger partial charge in [0.1, 0.15) is 0 Å². The maximum absolute atomic E-state index is 12.9. The minimum Gasteiger partial charge on any atom is -0.384 e. The highest BCUT2D eigenvalue weighted by atomic mass is 32.2. The summed E-state index contributed by atoms with van der Waals surface area (Å²) < 4.78 is 29.4. The second-order valence-corrected chi connectivity index (χ2v) is 10.0. The third-order valence-corrected chi connectivity index (χ3v) is 7.47. The summed E-state index contributed by atoms with van der Waals surface area (Å²) in [6.07, 6.45) is 7.16. The molecule has 2 aromatic carbocycles. The highest BCUT2D eigenvalue weighted by Gasteiger charge is 2.18. The third kappa shape index (κ3) is 4.76. The quantitative estimate of drug-likeness (QED) is 0.584. The van der Waals surface area contributed by atoms with Crippen LogP contribution >= 0.6 is 0 Å². The second kappa shape index (κ2) is 9.67. The Morgan fingerprint density at radius 1 is 1.03 bits per heavy atom. The monoisotopic (exact) mass is 453 g/mol. The van der Waals surface area contributed by atoms with Crippen molar-refractivity contribution >= 4 is 37.9 Å². The number of methoxy groups -OCH3 is 1. The van der Waals surface area contributed by atoms with Crippen LogP contribution in [0, 0.1) is 0 Å². The Morgan fingerprint density at radius 3 is 2.50 bits per heavy atom. The van der Waals surface area contributed by atoms with Gasteiger partial charge in [0, 0.05) is 54.6 Å². The first-order chi connectivity index (χ1) is 15.5. The van der Waals surface area contributed by atoms with Crippen molar-refractivity contribution in [3.8, 4) is 0 Å². The first-order valence-electron chi connectivity index (χ1n) is 10.7. The van der Waals surface area contributed by atoms with Crippen molar-refractivity contribution < 1.29 is 17.9 Å². The van der Waals surface area contributed by atoms with E-state index in [9.17, 15) is 13.2 Å². The predicted molar refractivity (Wildman–Crippen MR) is 126 cm³/mol. The van der Waals surface area contributed by atoms with Gasteiger partial charge in [0.05, 0.1) is 22.9 Å². The molecule has 2 heterocycles. The molecular formula is C24H27N3O4S. The first kappa shape index (κ1) is 22.2. The molecule has 0 spiro atoms. The molecule has 1 amide bonds. The summed E-state index contributed by atoms with van der Waals surface area (Å²) in [6.45, 7) is 2.19. The van der Waals surface area contributed by atoms with Crippen molar-refractivity contribution in [2.24, 2.45) is 0 Å². The molecule has 0 atom stereocenters. The molecule has 0 bridgehead atoms. The minimum atomic E-state index is -3.44. The van der Waals surface area contributed by atoms with E-state index < -0.39 is 9.84 Å². The Bertz CT molecular complexity index is 1200. The Morgan fingerprint density at radius 2 is 1.78 bits per heavy atom. The van der Waals surface area contributed by atoms with Gasteiger partial charge in [-0.25, -0.2) is 8.42 Å². The highest BCUT2D eigenvalue weighted by Crippen LogP contribution is 2.33. The van der Waals surface area contributed by atoms with Crippen LogP contribution in [0.25, 0.3) is 10.8 Å². The number of fused-ring (bicyclic) bond motifs is 1.